The summed E-state index contributed by atoms with van der Waals surface area (Å²) in [6.07, 6.45) is 2.76. The lowest BCUT2D eigenvalue weighted by Crippen LogP contribution is -2.18. The summed E-state index contributed by atoms with van der Waals surface area (Å²) in [4.78, 5) is 14.6. The molecule has 0 bridgehead atoms. The summed E-state index contributed by atoms with van der Waals surface area (Å²) in [6, 6.07) is 3.69. The van der Waals surface area contributed by atoms with Crippen LogP contribution >= 0.6 is 0 Å². The van der Waals surface area contributed by atoms with Crippen molar-refractivity contribution >= 4 is 5.78 Å². The molecule has 0 amide bonds. The number of Topliss-reactive ketones (excluding diaryl/α,β-unsaturated/α-hetero) is 1. The van der Waals surface area contributed by atoms with Crippen LogP contribution in [-0.4, -0.2) is 23.9 Å². The van der Waals surface area contributed by atoms with Crippen molar-refractivity contribution in [2.75, 3.05) is 13.1 Å². The molecule has 3 nitrogen and oxygen atoms in total. The van der Waals surface area contributed by atoms with Crippen LogP contribution in [0.15, 0.2) is 18.3 Å². The molecule has 1 atom stereocenters. The van der Waals surface area contributed by atoms with Crippen LogP contribution in [0.5, 0.6) is 0 Å². The van der Waals surface area contributed by atoms with Gasteiger partial charge >= 0.3 is 0 Å². The molecule has 1 aliphatic heterocycles. The van der Waals surface area contributed by atoms with Gasteiger partial charge in [-0.05, 0) is 25.1 Å². The van der Waals surface area contributed by atoms with Crippen molar-refractivity contribution in [2.45, 2.75) is 6.42 Å². The third kappa shape index (κ3) is 1.28. The summed E-state index contributed by atoms with van der Waals surface area (Å²) < 4.78 is 0. The van der Waals surface area contributed by atoms with Gasteiger partial charge < -0.3 is 10.3 Å². The summed E-state index contributed by atoms with van der Waals surface area (Å²) >= 11 is 0. The first-order valence-corrected chi connectivity index (χ1v) is 4.26. The number of rotatable bonds is 2. The first kappa shape index (κ1) is 7.55. The summed E-state index contributed by atoms with van der Waals surface area (Å²) in [5.41, 5.74) is 0.740. The monoisotopic (exact) mass is 164 g/mol. The van der Waals surface area contributed by atoms with Crippen LogP contribution < -0.4 is 5.32 Å². The molecule has 2 rings (SSSR count). The normalized spacial score (nSPS) is 22.8. The van der Waals surface area contributed by atoms with Crippen LogP contribution in [0.1, 0.15) is 16.9 Å². The highest BCUT2D eigenvalue weighted by atomic mass is 16.1. The van der Waals surface area contributed by atoms with Crippen molar-refractivity contribution in [2.24, 2.45) is 5.92 Å². The predicted octanol–water partition coefficient (Wildman–Crippen LogP) is 0.807. The zero-order chi connectivity index (χ0) is 8.39. The van der Waals surface area contributed by atoms with Gasteiger partial charge in [0, 0.05) is 18.7 Å². The third-order valence-corrected chi connectivity index (χ3v) is 2.29. The molecule has 1 aromatic rings. The van der Waals surface area contributed by atoms with E-state index in [9.17, 15) is 4.79 Å². The molecule has 0 aromatic carbocycles. The lowest BCUT2D eigenvalue weighted by molar-refractivity contribution is 0.0926. The number of hydrogen-bond acceptors (Lipinski definition) is 2. The van der Waals surface area contributed by atoms with Gasteiger partial charge in [-0.15, -0.1) is 0 Å². The van der Waals surface area contributed by atoms with Crippen molar-refractivity contribution < 1.29 is 4.79 Å². The number of ketones is 1. The Morgan fingerprint density at radius 1 is 1.58 bits per heavy atom. The maximum absolute atomic E-state index is 11.6. The van der Waals surface area contributed by atoms with Gasteiger partial charge in [-0.3, -0.25) is 4.79 Å². The Kier molecular flexibility index (Phi) is 1.96. The fraction of sp³-hybridized carbons (Fsp3) is 0.444. The van der Waals surface area contributed by atoms with E-state index in [0.717, 1.165) is 25.2 Å². The Bertz CT molecular complexity index is 260. The topological polar surface area (TPSA) is 44.9 Å². The van der Waals surface area contributed by atoms with Crippen LogP contribution in [0.2, 0.25) is 0 Å². The first-order chi connectivity index (χ1) is 5.88. The maximum atomic E-state index is 11.6. The second kappa shape index (κ2) is 3.11. The van der Waals surface area contributed by atoms with Gasteiger partial charge in [-0.2, -0.15) is 0 Å². The molecule has 3 heteroatoms. The molecule has 1 fully saturated rings. The number of H-pyrrole nitrogens is 1. The SMILES string of the molecule is O=C(c1ccc[nH]1)C1CCNC1. The van der Waals surface area contributed by atoms with Gasteiger partial charge in [0.1, 0.15) is 0 Å². The second-order valence-corrected chi connectivity index (χ2v) is 3.14. The average Bonchev–Trinajstić information content (AvgIpc) is 2.77. The van der Waals surface area contributed by atoms with Crippen molar-refractivity contribution in [3.63, 3.8) is 0 Å². The fourth-order valence-electron chi connectivity index (χ4n) is 1.58. The van der Waals surface area contributed by atoms with Gasteiger partial charge in [0.15, 0.2) is 5.78 Å². The van der Waals surface area contributed by atoms with E-state index in [0.29, 0.717) is 0 Å². The van der Waals surface area contributed by atoms with E-state index in [1.807, 2.05) is 12.1 Å². The zero-order valence-corrected chi connectivity index (χ0v) is 6.84. The molecule has 1 saturated heterocycles. The highest BCUT2D eigenvalue weighted by Crippen LogP contribution is 2.13. The molecule has 0 spiro atoms. The molecule has 64 valence electrons. The van der Waals surface area contributed by atoms with Crippen molar-refractivity contribution in [1.82, 2.24) is 10.3 Å². The highest BCUT2D eigenvalue weighted by Gasteiger charge is 2.23. The molecular weight excluding hydrogens is 152 g/mol. The Balaban J connectivity index is 2.09. The molecule has 1 aliphatic rings. The van der Waals surface area contributed by atoms with Crippen LogP contribution in [0.4, 0.5) is 0 Å². The summed E-state index contributed by atoms with van der Waals surface area (Å²) in [6.45, 7) is 1.80. The first-order valence-electron chi connectivity index (χ1n) is 4.26. The Hall–Kier alpha value is -1.09. The minimum atomic E-state index is 0.184. The van der Waals surface area contributed by atoms with Crippen molar-refractivity contribution in [3.8, 4) is 0 Å². The molecule has 2 N–H and O–H groups in total. The second-order valence-electron chi connectivity index (χ2n) is 3.14. The molecular formula is C9H12N2O. The summed E-state index contributed by atoms with van der Waals surface area (Å²) in [7, 11) is 0. The van der Waals surface area contributed by atoms with Gasteiger partial charge in [0.25, 0.3) is 0 Å². The molecule has 12 heavy (non-hydrogen) atoms. The third-order valence-electron chi connectivity index (χ3n) is 2.29. The van der Waals surface area contributed by atoms with Crippen LogP contribution in [0, 0.1) is 5.92 Å². The summed E-state index contributed by atoms with van der Waals surface area (Å²) in [5.74, 6) is 0.425. The summed E-state index contributed by atoms with van der Waals surface area (Å²) in [5, 5.41) is 3.18. The molecule has 0 saturated carbocycles. The lowest BCUT2D eigenvalue weighted by atomic mass is 10.0. The van der Waals surface area contributed by atoms with Crippen LogP contribution in [0.25, 0.3) is 0 Å². The van der Waals surface area contributed by atoms with E-state index < -0.39 is 0 Å². The molecule has 0 aliphatic carbocycles. The van der Waals surface area contributed by atoms with E-state index in [1.165, 1.54) is 0 Å². The minimum absolute atomic E-state index is 0.184. The number of carbonyl (C=O) groups excluding carboxylic acids is 1. The van der Waals surface area contributed by atoms with E-state index in [-0.39, 0.29) is 11.7 Å². The predicted molar refractivity (Wildman–Crippen MR) is 46.1 cm³/mol. The Morgan fingerprint density at radius 2 is 2.50 bits per heavy atom. The van der Waals surface area contributed by atoms with Crippen LogP contribution in [-0.2, 0) is 0 Å². The van der Waals surface area contributed by atoms with E-state index in [2.05, 4.69) is 10.3 Å². The fourth-order valence-corrected chi connectivity index (χ4v) is 1.58. The van der Waals surface area contributed by atoms with Crippen molar-refractivity contribution in [1.29, 1.82) is 0 Å². The number of nitrogens with one attached hydrogen (secondary N) is 2. The quantitative estimate of drug-likeness (QED) is 0.635. The van der Waals surface area contributed by atoms with E-state index >= 15 is 0 Å². The smallest absolute Gasteiger partial charge is 0.183 e. The number of aromatic amines is 1. The van der Waals surface area contributed by atoms with Gasteiger partial charge in [-0.25, -0.2) is 0 Å². The number of aromatic nitrogens is 1. The Labute approximate surface area is 71.2 Å². The molecule has 0 radical (unpaired) electrons. The van der Waals surface area contributed by atoms with Gasteiger partial charge in [0.05, 0.1) is 5.69 Å². The lowest BCUT2D eigenvalue weighted by Gasteiger charge is -2.03. The zero-order valence-electron chi connectivity index (χ0n) is 6.84. The Morgan fingerprint density at radius 3 is 3.08 bits per heavy atom. The van der Waals surface area contributed by atoms with Crippen molar-refractivity contribution in [3.05, 3.63) is 24.0 Å². The van der Waals surface area contributed by atoms with Gasteiger partial charge in [-0.1, -0.05) is 0 Å². The van der Waals surface area contributed by atoms with Gasteiger partial charge in [0.2, 0.25) is 0 Å². The van der Waals surface area contributed by atoms with E-state index in [1.54, 1.807) is 6.20 Å². The molecule has 1 aromatic heterocycles. The maximum Gasteiger partial charge on any atom is 0.183 e. The average molecular weight is 164 g/mol. The minimum Gasteiger partial charge on any atom is -0.359 e. The number of hydrogen-bond donors (Lipinski definition) is 2. The number of carbonyl (C=O) groups is 1. The molecule has 1 unspecified atom stereocenters. The highest BCUT2D eigenvalue weighted by molar-refractivity contribution is 5.96. The van der Waals surface area contributed by atoms with Crippen LogP contribution in [0.3, 0.4) is 0 Å². The molecule has 2 heterocycles. The largest absolute Gasteiger partial charge is 0.359 e. The standard InChI is InChI=1S/C9H12N2O/c12-9(7-3-5-10-6-7)8-2-1-4-11-8/h1-2,4,7,10-11H,3,5-6H2. The van der Waals surface area contributed by atoms with E-state index in [4.69, 9.17) is 0 Å².